The molecule has 2 heterocycles. The van der Waals surface area contributed by atoms with Crippen LogP contribution in [-0.4, -0.2) is 38.1 Å². The Kier molecular flexibility index (Phi) is 7.63. The number of para-hydroxylation sites is 2. The first-order chi connectivity index (χ1) is 16.5. The Morgan fingerprint density at radius 2 is 1.94 bits per heavy atom. The standard InChI is InChI=1S/C25H24N4O3S2/c1-3-32-14-8-13-29-24(31)17-9-4-5-10-19(17)28-25(29)33-16(2)22(30)18(15-26)23-27-20-11-6-7-12-21(20)34-23/h4-7,9-12,16,30H,3,8,13-14H2,1-2H3/b22-18-. The zero-order chi connectivity index (χ0) is 24.1. The molecule has 1 unspecified atom stereocenters. The number of benzene rings is 2. The molecule has 4 rings (SSSR count). The molecule has 0 saturated carbocycles. The summed E-state index contributed by atoms with van der Waals surface area (Å²) in [6, 6.07) is 16.9. The summed E-state index contributed by atoms with van der Waals surface area (Å²) in [5.41, 5.74) is 1.38. The van der Waals surface area contributed by atoms with Crippen molar-refractivity contribution in [1.82, 2.24) is 14.5 Å². The van der Waals surface area contributed by atoms with E-state index in [9.17, 15) is 15.2 Å². The van der Waals surface area contributed by atoms with Gasteiger partial charge < -0.3 is 9.84 Å². The fourth-order valence-electron chi connectivity index (χ4n) is 3.51. The first-order valence-corrected chi connectivity index (χ1v) is 12.7. The summed E-state index contributed by atoms with van der Waals surface area (Å²) in [6.07, 6.45) is 0.659. The molecule has 0 saturated heterocycles. The van der Waals surface area contributed by atoms with Crippen molar-refractivity contribution in [3.05, 3.63) is 69.7 Å². The molecule has 4 aromatic rings. The number of ether oxygens (including phenoxy) is 1. The lowest BCUT2D eigenvalue weighted by Gasteiger charge is -2.16. The predicted octanol–water partition coefficient (Wildman–Crippen LogP) is 5.41. The van der Waals surface area contributed by atoms with Crippen LogP contribution in [0.3, 0.4) is 0 Å². The smallest absolute Gasteiger partial charge is 0.262 e. The summed E-state index contributed by atoms with van der Waals surface area (Å²) in [4.78, 5) is 22.4. The van der Waals surface area contributed by atoms with E-state index in [2.05, 4.69) is 11.1 Å². The number of rotatable bonds is 9. The van der Waals surface area contributed by atoms with Crippen LogP contribution in [0, 0.1) is 11.3 Å². The van der Waals surface area contributed by atoms with Gasteiger partial charge in [0.05, 0.1) is 26.4 Å². The fraction of sp³-hybridized carbons (Fsp3) is 0.280. The highest BCUT2D eigenvalue weighted by Crippen LogP contribution is 2.33. The summed E-state index contributed by atoms with van der Waals surface area (Å²) < 4.78 is 8.00. The van der Waals surface area contributed by atoms with Crippen molar-refractivity contribution < 1.29 is 9.84 Å². The molecule has 0 aliphatic carbocycles. The maximum atomic E-state index is 13.2. The summed E-state index contributed by atoms with van der Waals surface area (Å²) in [5.74, 6) is -0.0881. The Morgan fingerprint density at radius 1 is 1.21 bits per heavy atom. The first-order valence-electron chi connectivity index (χ1n) is 11.0. The van der Waals surface area contributed by atoms with E-state index in [1.807, 2.05) is 43.3 Å². The summed E-state index contributed by atoms with van der Waals surface area (Å²) in [6.45, 7) is 5.32. The van der Waals surface area contributed by atoms with Crippen molar-refractivity contribution in [2.24, 2.45) is 0 Å². The number of thioether (sulfide) groups is 1. The average Bonchev–Trinajstić information content (AvgIpc) is 3.27. The summed E-state index contributed by atoms with van der Waals surface area (Å²) >= 11 is 2.60. The minimum atomic E-state index is -0.520. The minimum Gasteiger partial charge on any atom is -0.510 e. The van der Waals surface area contributed by atoms with E-state index in [1.165, 1.54) is 23.1 Å². The molecule has 0 amide bonds. The first kappa shape index (κ1) is 24.0. The van der Waals surface area contributed by atoms with E-state index in [0.29, 0.717) is 47.2 Å². The van der Waals surface area contributed by atoms with E-state index in [-0.39, 0.29) is 16.9 Å². The third kappa shape index (κ3) is 4.99. The molecule has 0 spiro atoms. The van der Waals surface area contributed by atoms with Crippen LogP contribution in [0.1, 0.15) is 25.3 Å². The zero-order valence-electron chi connectivity index (χ0n) is 18.9. The monoisotopic (exact) mass is 492 g/mol. The van der Waals surface area contributed by atoms with Gasteiger partial charge in [0.15, 0.2) is 5.16 Å². The minimum absolute atomic E-state index is 0.0881. The van der Waals surface area contributed by atoms with Crippen LogP contribution in [0.4, 0.5) is 0 Å². The van der Waals surface area contributed by atoms with Crippen LogP contribution >= 0.6 is 23.1 Å². The van der Waals surface area contributed by atoms with Crippen molar-refractivity contribution in [3.63, 3.8) is 0 Å². The molecule has 2 aromatic heterocycles. The van der Waals surface area contributed by atoms with Crippen molar-refractivity contribution in [3.8, 4) is 6.07 Å². The number of aliphatic hydroxyl groups is 1. The Labute approximate surface area is 205 Å². The number of fused-ring (bicyclic) bond motifs is 2. The van der Waals surface area contributed by atoms with Gasteiger partial charge in [-0.3, -0.25) is 9.36 Å². The van der Waals surface area contributed by atoms with Gasteiger partial charge in [-0.15, -0.1) is 11.3 Å². The van der Waals surface area contributed by atoms with Gasteiger partial charge in [-0.25, -0.2) is 9.97 Å². The van der Waals surface area contributed by atoms with Crippen molar-refractivity contribution in [2.75, 3.05) is 13.2 Å². The van der Waals surface area contributed by atoms with Gasteiger partial charge in [0.25, 0.3) is 5.56 Å². The highest BCUT2D eigenvalue weighted by molar-refractivity contribution is 7.99. The Hall–Kier alpha value is -3.19. The van der Waals surface area contributed by atoms with Crippen molar-refractivity contribution >= 4 is 49.8 Å². The highest BCUT2D eigenvalue weighted by atomic mass is 32.2. The third-order valence-electron chi connectivity index (χ3n) is 5.24. The molecule has 0 fully saturated rings. The molecule has 7 nitrogen and oxygen atoms in total. The fourth-order valence-corrected chi connectivity index (χ4v) is 5.48. The molecule has 0 aliphatic rings. The molecule has 1 N–H and O–H groups in total. The number of aromatic nitrogens is 3. The van der Waals surface area contributed by atoms with Gasteiger partial charge >= 0.3 is 0 Å². The molecule has 1 atom stereocenters. The Morgan fingerprint density at radius 3 is 2.68 bits per heavy atom. The molecule has 174 valence electrons. The van der Waals surface area contributed by atoms with Gasteiger partial charge in [0.1, 0.15) is 22.4 Å². The lowest BCUT2D eigenvalue weighted by Crippen LogP contribution is -2.25. The van der Waals surface area contributed by atoms with Crippen molar-refractivity contribution in [2.45, 2.75) is 37.2 Å². The number of hydrogen-bond donors (Lipinski definition) is 1. The maximum absolute atomic E-state index is 13.2. The van der Waals surface area contributed by atoms with E-state index >= 15 is 0 Å². The molecule has 0 bridgehead atoms. The van der Waals surface area contributed by atoms with Crippen LogP contribution in [0.5, 0.6) is 0 Å². The summed E-state index contributed by atoms with van der Waals surface area (Å²) in [7, 11) is 0. The number of thiazole rings is 1. The Bertz CT molecular complexity index is 1420. The molecule has 2 aromatic carbocycles. The number of allylic oxidation sites excluding steroid dienone is 1. The second-order valence-electron chi connectivity index (χ2n) is 7.54. The van der Waals surface area contributed by atoms with Crippen LogP contribution in [0.2, 0.25) is 0 Å². The molecule has 9 heteroatoms. The second-order valence-corrected chi connectivity index (χ2v) is 9.88. The second kappa shape index (κ2) is 10.8. The number of nitrogens with zero attached hydrogens (tertiary/aromatic N) is 4. The van der Waals surface area contributed by atoms with E-state index < -0.39 is 5.25 Å². The van der Waals surface area contributed by atoms with Crippen LogP contribution < -0.4 is 5.56 Å². The van der Waals surface area contributed by atoms with E-state index in [1.54, 1.807) is 23.6 Å². The zero-order valence-corrected chi connectivity index (χ0v) is 20.5. The number of nitriles is 1. The Balaban J connectivity index is 1.69. The van der Waals surface area contributed by atoms with Crippen LogP contribution in [0.15, 0.2) is 64.2 Å². The van der Waals surface area contributed by atoms with E-state index in [4.69, 9.17) is 9.72 Å². The molecule has 0 aliphatic heterocycles. The largest absolute Gasteiger partial charge is 0.510 e. The maximum Gasteiger partial charge on any atom is 0.262 e. The predicted molar refractivity (Wildman–Crippen MR) is 137 cm³/mol. The SMILES string of the molecule is CCOCCCn1c(SC(C)/C(O)=C(\C#N)c2nc3ccccc3s2)nc2ccccc2c1=O. The molecule has 34 heavy (non-hydrogen) atoms. The lowest BCUT2D eigenvalue weighted by atomic mass is 10.2. The van der Waals surface area contributed by atoms with Crippen LogP contribution in [-0.2, 0) is 11.3 Å². The summed E-state index contributed by atoms with van der Waals surface area (Å²) in [5, 5.41) is 21.8. The van der Waals surface area contributed by atoms with Gasteiger partial charge in [-0.2, -0.15) is 5.26 Å². The number of aliphatic hydroxyl groups excluding tert-OH is 1. The molecule has 0 radical (unpaired) electrons. The third-order valence-corrected chi connectivity index (χ3v) is 7.40. The molecular weight excluding hydrogens is 468 g/mol. The topological polar surface area (TPSA) is 101 Å². The normalized spacial score (nSPS) is 13.1. The highest BCUT2D eigenvalue weighted by Gasteiger charge is 2.22. The van der Waals surface area contributed by atoms with Crippen LogP contribution in [0.25, 0.3) is 26.7 Å². The van der Waals surface area contributed by atoms with Gasteiger partial charge in [0, 0.05) is 19.8 Å². The molecular formula is C25H24N4O3S2. The van der Waals surface area contributed by atoms with Gasteiger partial charge in [-0.05, 0) is 44.5 Å². The average molecular weight is 493 g/mol. The quantitative estimate of drug-likeness (QED) is 0.110. The lowest BCUT2D eigenvalue weighted by molar-refractivity contribution is 0.140. The van der Waals surface area contributed by atoms with Gasteiger partial charge in [-0.1, -0.05) is 36.0 Å². The van der Waals surface area contributed by atoms with E-state index in [0.717, 1.165) is 10.2 Å². The number of hydrogen-bond acceptors (Lipinski definition) is 8. The van der Waals surface area contributed by atoms with Gasteiger partial charge in [0.2, 0.25) is 0 Å². The van der Waals surface area contributed by atoms with Crippen molar-refractivity contribution in [1.29, 1.82) is 5.26 Å².